The molecule has 0 bridgehead atoms. The topological polar surface area (TPSA) is 105 Å². The number of rotatable bonds is 36. The molecule has 1 amide bonds. The average Bonchev–Trinajstić information content (AvgIpc) is 3.12. The molecule has 0 aliphatic rings. The maximum absolute atomic E-state index is 12.8. The van der Waals surface area contributed by atoms with Gasteiger partial charge in [0.25, 0.3) is 0 Å². The summed E-state index contributed by atoms with van der Waals surface area (Å²) in [7, 11) is 1.53. The quantitative estimate of drug-likeness (QED) is 0.0253. The van der Waals surface area contributed by atoms with Crippen LogP contribution in [0.15, 0.2) is 85.1 Å². The summed E-state index contributed by atoms with van der Waals surface area (Å²) in [4.78, 5) is 23.0. The SMILES string of the molecule is CC/C=C\C/C=C\C/C=C\C/C=C\C/C=C\CCCCCCCCCC(=O)NC(COP(=O)(O)OCC[N+](C)(C)C)C(O)/C=C/CC/C=C/CCCCC. The van der Waals surface area contributed by atoms with Crippen LogP contribution in [0, 0.1) is 0 Å². The molecule has 310 valence electrons. The highest BCUT2D eigenvalue weighted by molar-refractivity contribution is 7.47. The number of hydrogen-bond donors (Lipinski definition) is 3. The van der Waals surface area contributed by atoms with Crippen molar-refractivity contribution in [1.82, 2.24) is 5.32 Å². The zero-order valence-corrected chi connectivity index (χ0v) is 35.8. The van der Waals surface area contributed by atoms with E-state index in [0.717, 1.165) is 83.5 Å². The molecule has 0 aliphatic carbocycles. The number of amides is 1. The van der Waals surface area contributed by atoms with Crippen molar-refractivity contribution in [2.45, 2.75) is 154 Å². The van der Waals surface area contributed by atoms with Crippen molar-refractivity contribution in [2.75, 3.05) is 40.9 Å². The van der Waals surface area contributed by atoms with E-state index in [9.17, 15) is 19.4 Å². The summed E-state index contributed by atoms with van der Waals surface area (Å²) in [6.45, 7) is 4.58. The van der Waals surface area contributed by atoms with Crippen molar-refractivity contribution in [2.24, 2.45) is 0 Å². The first-order valence-electron chi connectivity index (χ1n) is 21.0. The zero-order valence-electron chi connectivity index (χ0n) is 34.9. The van der Waals surface area contributed by atoms with Gasteiger partial charge in [-0.3, -0.25) is 13.8 Å². The van der Waals surface area contributed by atoms with E-state index in [1.54, 1.807) is 6.08 Å². The minimum atomic E-state index is -4.35. The molecule has 9 heteroatoms. The Bertz CT molecular complexity index is 1150. The van der Waals surface area contributed by atoms with E-state index >= 15 is 0 Å². The number of aliphatic hydroxyl groups excluding tert-OH is 1. The van der Waals surface area contributed by atoms with Crippen LogP contribution in [0.25, 0.3) is 0 Å². The van der Waals surface area contributed by atoms with Crippen LogP contribution >= 0.6 is 7.82 Å². The van der Waals surface area contributed by atoms with Crippen molar-refractivity contribution >= 4 is 13.7 Å². The lowest BCUT2D eigenvalue weighted by Crippen LogP contribution is -2.45. The number of nitrogens with one attached hydrogen (secondary N) is 1. The van der Waals surface area contributed by atoms with Crippen LogP contribution in [0.1, 0.15) is 142 Å². The Balaban J connectivity index is 4.37. The molecule has 3 unspecified atom stereocenters. The van der Waals surface area contributed by atoms with Gasteiger partial charge in [0.15, 0.2) is 0 Å². The van der Waals surface area contributed by atoms with Crippen LogP contribution in [0.4, 0.5) is 0 Å². The fraction of sp³-hybridized carbons (Fsp3) is 0.667. The number of likely N-dealkylation sites (N-methyl/N-ethyl adjacent to an activating group) is 1. The number of allylic oxidation sites excluding steroid dienone is 13. The van der Waals surface area contributed by atoms with Gasteiger partial charge >= 0.3 is 7.82 Å². The smallest absolute Gasteiger partial charge is 0.387 e. The fourth-order valence-corrected chi connectivity index (χ4v) is 5.99. The van der Waals surface area contributed by atoms with Gasteiger partial charge in [0.2, 0.25) is 5.91 Å². The summed E-state index contributed by atoms with van der Waals surface area (Å²) in [5.41, 5.74) is 0. The lowest BCUT2D eigenvalue weighted by molar-refractivity contribution is -0.870. The number of phosphoric ester groups is 1. The lowest BCUT2D eigenvalue weighted by Gasteiger charge is -2.25. The normalized spacial score (nSPS) is 15.3. The summed E-state index contributed by atoms with van der Waals surface area (Å²) >= 11 is 0. The number of quaternary nitrogens is 1. The first-order valence-corrected chi connectivity index (χ1v) is 22.5. The van der Waals surface area contributed by atoms with Crippen molar-refractivity contribution in [1.29, 1.82) is 0 Å². The minimum Gasteiger partial charge on any atom is -0.387 e. The maximum Gasteiger partial charge on any atom is 0.472 e. The predicted molar refractivity (Wildman–Crippen MR) is 230 cm³/mol. The predicted octanol–water partition coefficient (Wildman–Crippen LogP) is 11.4. The van der Waals surface area contributed by atoms with E-state index in [1.807, 2.05) is 27.2 Å². The molecule has 8 nitrogen and oxygen atoms in total. The summed E-state index contributed by atoms with van der Waals surface area (Å²) in [5.74, 6) is -0.207. The molecule has 0 aromatic carbocycles. The summed E-state index contributed by atoms with van der Waals surface area (Å²) in [6, 6.07) is -0.872. The fourth-order valence-electron chi connectivity index (χ4n) is 5.26. The molecule has 0 aromatic rings. The minimum absolute atomic E-state index is 0.0486. The highest BCUT2D eigenvalue weighted by Crippen LogP contribution is 2.43. The number of carbonyl (C=O) groups excluding carboxylic acids is 1. The van der Waals surface area contributed by atoms with Crippen LogP contribution in [0.5, 0.6) is 0 Å². The van der Waals surface area contributed by atoms with Gasteiger partial charge in [-0.2, -0.15) is 0 Å². The van der Waals surface area contributed by atoms with Crippen LogP contribution in [-0.2, 0) is 18.4 Å². The number of phosphoric acid groups is 1. The van der Waals surface area contributed by atoms with Gasteiger partial charge in [-0.1, -0.05) is 144 Å². The van der Waals surface area contributed by atoms with Gasteiger partial charge in [0, 0.05) is 6.42 Å². The molecule has 0 rings (SSSR count). The third kappa shape index (κ3) is 38.0. The molecule has 3 atom stereocenters. The van der Waals surface area contributed by atoms with Gasteiger partial charge in [0.1, 0.15) is 13.2 Å². The third-order valence-electron chi connectivity index (χ3n) is 8.60. The van der Waals surface area contributed by atoms with Gasteiger partial charge in [-0.15, -0.1) is 0 Å². The number of nitrogens with zero attached hydrogens (tertiary/aromatic N) is 1. The van der Waals surface area contributed by atoms with Gasteiger partial charge in [-0.25, -0.2) is 4.57 Å². The number of unbranched alkanes of at least 4 members (excludes halogenated alkanes) is 11. The molecule has 0 fully saturated rings. The highest BCUT2D eigenvalue weighted by atomic mass is 31.2. The molecule has 0 heterocycles. The second kappa shape index (κ2) is 36.3. The number of aliphatic hydroxyl groups is 1. The van der Waals surface area contributed by atoms with E-state index in [2.05, 4.69) is 92.1 Å². The van der Waals surface area contributed by atoms with Crippen molar-refractivity contribution in [3.05, 3.63) is 85.1 Å². The Morgan fingerprint density at radius 3 is 1.70 bits per heavy atom. The lowest BCUT2D eigenvalue weighted by atomic mass is 10.1. The monoisotopic (exact) mass is 776 g/mol. The summed E-state index contributed by atoms with van der Waals surface area (Å²) < 4.78 is 23.4. The molecule has 3 N–H and O–H groups in total. The molecule has 0 aromatic heterocycles. The van der Waals surface area contributed by atoms with E-state index in [0.29, 0.717) is 17.4 Å². The molecule has 0 aliphatic heterocycles. The highest BCUT2D eigenvalue weighted by Gasteiger charge is 2.27. The Morgan fingerprint density at radius 1 is 0.648 bits per heavy atom. The van der Waals surface area contributed by atoms with Gasteiger partial charge in [-0.05, 0) is 77.0 Å². The van der Waals surface area contributed by atoms with Crippen molar-refractivity contribution in [3.8, 4) is 0 Å². The first kappa shape index (κ1) is 51.7. The molecule has 54 heavy (non-hydrogen) atoms. The summed E-state index contributed by atoms with van der Waals surface area (Å²) in [5, 5.41) is 13.7. The van der Waals surface area contributed by atoms with Gasteiger partial charge in [0.05, 0.1) is 39.9 Å². The van der Waals surface area contributed by atoms with Crippen LogP contribution in [0.2, 0.25) is 0 Å². The largest absolute Gasteiger partial charge is 0.472 e. The number of hydrogen-bond acceptors (Lipinski definition) is 5. The Hall–Kier alpha value is -2.32. The summed E-state index contributed by atoms with van der Waals surface area (Å²) in [6.07, 6.45) is 49.5. The molecular weight excluding hydrogens is 695 g/mol. The Labute approximate surface area is 331 Å². The van der Waals surface area contributed by atoms with Gasteiger partial charge < -0.3 is 19.8 Å². The molecule has 0 radical (unpaired) electrons. The van der Waals surface area contributed by atoms with E-state index in [1.165, 1.54) is 38.5 Å². The van der Waals surface area contributed by atoms with Crippen molar-refractivity contribution < 1.29 is 32.9 Å². The Kier molecular flexibility index (Phi) is 34.8. The molecular formula is C45H80N2O6P+. The van der Waals surface area contributed by atoms with Crippen LogP contribution in [-0.4, -0.2) is 73.4 Å². The third-order valence-corrected chi connectivity index (χ3v) is 9.58. The molecule has 0 saturated carbocycles. The maximum atomic E-state index is 12.8. The number of carbonyl (C=O) groups is 1. The second-order valence-corrected chi connectivity index (χ2v) is 16.4. The van der Waals surface area contributed by atoms with E-state index in [-0.39, 0.29) is 19.1 Å². The van der Waals surface area contributed by atoms with E-state index < -0.39 is 20.0 Å². The standard InChI is InChI=1S/C45H79N2O6P/c1-6-8-10-12-14-16-17-18-19-20-21-22-23-24-25-26-27-28-29-31-33-35-37-39-45(49)46-43(42-53-54(50,51)52-41-40-47(3,4)5)44(48)38-36-34-32-30-15-13-11-9-7-2/h8,10,14-16,18-19,21-22,24-25,30,36,38,43-44,48H,6-7,9,11-13,17,20,23,26-29,31-35,37,39-42H2,1-5H3,(H-,46,49,50,51)/p+1/b10-8-,16-14-,19-18-,22-21-,25-24-,30-15+,38-36+. The Morgan fingerprint density at radius 2 is 1.13 bits per heavy atom. The first-order chi connectivity index (χ1) is 26.0. The van der Waals surface area contributed by atoms with E-state index in [4.69, 9.17) is 9.05 Å². The molecule has 0 spiro atoms. The van der Waals surface area contributed by atoms with Crippen molar-refractivity contribution in [3.63, 3.8) is 0 Å². The zero-order chi connectivity index (χ0) is 40.0. The van der Waals surface area contributed by atoms with Crippen LogP contribution < -0.4 is 5.32 Å². The second-order valence-electron chi connectivity index (χ2n) is 15.0. The average molecular weight is 776 g/mol. The van der Waals surface area contributed by atoms with Crippen LogP contribution in [0.3, 0.4) is 0 Å². The molecule has 0 saturated heterocycles.